The van der Waals surface area contributed by atoms with E-state index in [1.165, 1.54) is 5.56 Å². The van der Waals surface area contributed by atoms with Crippen LogP contribution in [0.15, 0.2) is 24.3 Å². The van der Waals surface area contributed by atoms with E-state index in [0.29, 0.717) is 0 Å². The normalized spacial score (nSPS) is 24.5. The number of anilines is 1. The van der Waals surface area contributed by atoms with Crippen molar-refractivity contribution in [3.8, 4) is 6.07 Å². The number of aryl methyl sites for hydroxylation is 1. The number of hydrogen-bond donors (Lipinski definition) is 1. The van der Waals surface area contributed by atoms with Crippen LogP contribution in [0, 0.1) is 18.3 Å². The maximum absolute atomic E-state index is 9.61. The van der Waals surface area contributed by atoms with Gasteiger partial charge in [-0.05, 0) is 51.4 Å². The van der Waals surface area contributed by atoms with Crippen molar-refractivity contribution in [3.05, 3.63) is 29.8 Å². The number of nitrogens with one attached hydrogen (secondary N) is 1. The third kappa shape index (κ3) is 3.48. The lowest BCUT2D eigenvalue weighted by atomic mass is 9.92. The maximum Gasteiger partial charge on any atom is 0.126 e. The molecule has 0 amide bonds. The van der Waals surface area contributed by atoms with E-state index in [9.17, 15) is 5.26 Å². The fraction of sp³-hybridized carbons (Fsp3) is 0.562. The largest absolute Gasteiger partial charge is 0.367 e. The second-order valence-electron chi connectivity index (χ2n) is 5.47. The van der Waals surface area contributed by atoms with Gasteiger partial charge in [-0.2, -0.15) is 5.26 Å². The van der Waals surface area contributed by atoms with E-state index in [1.807, 2.05) is 0 Å². The highest BCUT2D eigenvalue weighted by Crippen LogP contribution is 2.26. The van der Waals surface area contributed by atoms with Crippen molar-refractivity contribution in [3.63, 3.8) is 0 Å². The minimum Gasteiger partial charge on any atom is -0.367 e. The molecular weight excluding hydrogens is 234 g/mol. The monoisotopic (exact) mass is 257 g/mol. The second-order valence-corrected chi connectivity index (χ2v) is 5.47. The molecule has 0 aliphatic carbocycles. The smallest absolute Gasteiger partial charge is 0.126 e. The summed E-state index contributed by atoms with van der Waals surface area (Å²) in [7, 11) is 0. The van der Waals surface area contributed by atoms with Crippen molar-refractivity contribution in [2.45, 2.75) is 38.6 Å². The van der Waals surface area contributed by atoms with Gasteiger partial charge in [-0.15, -0.1) is 0 Å². The van der Waals surface area contributed by atoms with Gasteiger partial charge in [0.1, 0.15) is 5.54 Å². The molecule has 1 aliphatic heterocycles. The van der Waals surface area contributed by atoms with Gasteiger partial charge in [-0.1, -0.05) is 24.6 Å². The first-order valence-corrected chi connectivity index (χ1v) is 7.16. The summed E-state index contributed by atoms with van der Waals surface area (Å²) in [5.41, 5.74) is 1.89. The summed E-state index contributed by atoms with van der Waals surface area (Å²) in [6.45, 7) is 7.45. The quantitative estimate of drug-likeness (QED) is 0.904. The molecular formula is C16H23N3. The lowest BCUT2D eigenvalue weighted by molar-refractivity contribution is 0.297. The van der Waals surface area contributed by atoms with Gasteiger partial charge in [0.25, 0.3) is 0 Å². The zero-order valence-corrected chi connectivity index (χ0v) is 11.9. The van der Waals surface area contributed by atoms with Crippen LogP contribution in [0.25, 0.3) is 0 Å². The van der Waals surface area contributed by atoms with Crippen LogP contribution in [0.4, 0.5) is 5.69 Å². The Morgan fingerprint density at radius 1 is 1.26 bits per heavy atom. The SMILES string of the molecule is CCN1CCCC(C#N)(Nc2ccc(C)cc2)CC1. The van der Waals surface area contributed by atoms with E-state index < -0.39 is 5.54 Å². The molecule has 102 valence electrons. The molecule has 1 N–H and O–H groups in total. The molecule has 1 unspecified atom stereocenters. The fourth-order valence-electron chi connectivity index (χ4n) is 2.68. The van der Waals surface area contributed by atoms with Crippen LogP contribution in [0.5, 0.6) is 0 Å². The van der Waals surface area contributed by atoms with Gasteiger partial charge >= 0.3 is 0 Å². The molecule has 2 rings (SSSR count). The summed E-state index contributed by atoms with van der Waals surface area (Å²) >= 11 is 0. The highest BCUT2D eigenvalue weighted by Gasteiger charge is 2.32. The molecule has 1 atom stereocenters. The molecule has 0 spiro atoms. The summed E-state index contributed by atoms with van der Waals surface area (Å²) < 4.78 is 0. The summed E-state index contributed by atoms with van der Waals surface area (Å²) in [6.07, 6.45) is 2.90. The first-order valence-electron chi connectivity index (χ1n) is 7.16. The Bertz CT molecular complexity index is 446. The molecule has 1 saturated heterocycles. The van der Waals surface area contributed by atoms with Crippen molar-refractivity contribution < 1.29 is 0 Å². The van der Waals surface area contributed by atoms with Crippen molar-refractivity contribution in [1.29, 1.82) is 5.26 Å². The molecule has 3 nitrogen and oxygen atoms in total. The Morgan fingerprint density at radius 2 is 2.00 bits per heavy atom. The third-order valence-corrected chi connectivity index (χ3v) is 4.03. The summed E-state index contributed by atoms with van der Waals surface area (Å²) in [6, 6.07) is 10.8. The lowest BCUT2D eigenvalue weighted by Gasteiger charge is -2.28. The van der Waals surface area contributed by atoms with Crippen molar-refractivity contribution in [1.82, 2.24) is 4.90 Å². The predicted molar refractivity (Wildman–Crippen MR) is 79.1 cm³/mol. The average Bonchev–Trinajstić information content (AvgIpc) is 2.64. The van der Waals surface area contributed by atoms with E-state index in [-0.39, 0.29) is 0 Å². The van der Waals surface area contributed by atoms with Gasteiger partial charge in [0, 0.05) is 12.2 Å². The van der Waals surface area contributed by atoms with Gasteiger partial charge < -0.3 is 10.2 Å². The molecule has 1 aliphatic rings. The van der Waals surface area contributed by atoms with Crippen LogP contribution in [0.2, 0.25) is 0 Å². The van der Waals surface area contributed by atoms with Gasteiger partial charge in [0.2, 0.25) is 0 Å². The van der Waals surface area contributed by atoms with Gasteiger partial charge in [0.05, 0.1) is 6.07 Å². The summed E-state index contributed by atoms with van der Waals surface area (Å²) in [4.78, 5) is 2.43. The van der Waals surface area contributed by atoms with Crippen LogP contribution in [-0.4, -0.2) is 30.1 Å². The molecule has 1 aromatic rings. The number of nitriles is 1. The van der Waals surface area contributed by atoms with Crippen LogP contribution in [0.3, 0.4) is 0 Å². The first kappa shape index (κ1) is 13.9. The minimum absolute atomic E-state index is 0.404. The third-order valence-electron chi connectivity index (χ3n) is 4.03. The van der Waals surface area contributed by atoms with E-state index in [4.69, 9.17) is 0 Å². The van der Waals surface area contributed by atoms with E-state index in [1.54, 1.807) is 0 Å². The highest BCUT2D eigenvalue weighted by atomic mass is 15.1. The van der Waals surface area contributed by atoms with E-state index in [2.05, 4.69) is 54.4 Å². The number of rotatable bonds is 3. The minimum atomic E-state index is -0.404. The molecule has 0 radical (unpaired) electrons. The van der Waals surface area contributed by atoms with Crippen LogP contribution in [0.1, 0.15) is 31.7 Å². The first-order chi connectivity index (χ1) is 9.17. The van der Waals surface area contributed by atoms with Crippen LogP contribution >= 0.6 is 0 Å². The lowest BCUT2D eigenvalue weighted by Crippen LogP contribution is -2.37. The molecule has 1 aromatic carbocycles. The zero-order valence-electron chi connectivity index (χ0n) is 11.9. The molecule has 1 heterocycles. The van der Waals surface area contributed by atoms with Gasteiger partial charge in [-0.3, -0.25) is 0 Å². The number of benzene rings is 1. The fourth-order valence-corrected chi connectivity index (χ4v) is 2.68. The standard InChI is InChI=1S/C16H23N3/c1-3-19-11-4-9-16(13-17,10-12-19)18-15-7-5-14(2)6-8-15/h5-8,18H,3-4,9-12H2,1-2H3. The van der Waals surface area contributed by atoms with Gasteiger partial charge in [-0.25, -0.2) is 0 Å². The number of likely N-dealkylation sites (tertiary alicyclic amines) is 1. The maximum atomic E-state index is 9.61. The summed E-state index contributed by atoms with van der Waals surface area (Å²) in [5.74, 6) is 0. The van der Waals surface area contributed by atoms with Crippen molar-refractivity contribution >= 4 is 5.69 Å². The predicted octanol–water partition coefficient (Wildman–Crippen LogP) is 3.18. The highest BCUT2D eigenvalue weighted by molar-refractivity contribution is 5.48. The van der Waals surface area contributed by atoms with Gasteiger partial charge in [0.15, 0.2) is 0 Å². The topological polar surface area (TPSA) is 39.1 Å². The molecule has 0 aromatic heterocycles. The second kappa shape index (κ2) is 6.08. The number of hydrogen-bond acceptors (Lipinski definition) is 3. The summed E-state index contributed by atoms with van der Waals surface area (Å²) in [5, 5.41) is 13.1. The van der Waals surface area contributed by atoms with Crippen molar-refractivity contribution in [2.24, 2.45) is 0 Å². The number of nitrogens with zero attached hydrogens (tertiary/aromatic N) is 2. The Kier molecular flexibility index (Phi) is 4.44. The van der Waals surface area contributed by atoms with E-state index in [0.717, 1.165) is 44.6 Å². The Hall–Kier alpha value is -1.53. The van der Waals surface area contributed by atoms with E-state index >= 15 is 0 Å². The average molecular weight is 257 g/mol. The Balaban J connectivity index is 2.10. The molecule has 1 fully saturated rings. The Morgan fingerprint density at radius 3 is 2.63 bits per heavy atom. The molecule has 0 saturated carbocycles. The Labute approximate surface area is 116 Å². The van der Waals surface area contributed by atoms with Crippen LogP contribution in [-0.2, 0) is 0 Å². The van der Waals surface area contributed by atoms with Crippen LogP contribution < -0.4 is 5.32 Å². The zero-order chi connectivity index (χ0) is 13.7. The molecule has 19 heavy (non-hydrogen) atoms. The molecule has 3 heteroatoms. The molecule has 0 bridgehead atoms. The van der Waals surface area contributed by atoms with Crippen molar-refractivity contribution in [2.75, 3.05) is 25.0 Å².